The van der Waals surface area contributed by atoms with Gasteiger partial charge in [0.15, 0.2) is 0 Å². The van der Waals surface area contributed by atoms with Crippen LogP contribution in [0.4, 0.5) is 4.79 Å². The van der Waals surface area contributed by atoms with Gasteiger partial charge in [0.25, 0.3) is 0 Å². The molecule has 0 saturated carbocycles. The first kappa shape index (κ1) is 18.9. The summed E-state index contributed by atoms with van der Waals surface area (Å²) >= 11 is 0. The lowest BCUT2D eigenvalue weighted by Crippen LogP contribution is -2.46. The summed E-state index contributed by atoms with van der Waals surface area (Å²) in [5, 5.41) is 15.9. The molecule has 7 heteroatoms. The van der Waals surface area contributed by atoms with E-state index < -0.39 is 11.5 Å². The van der Waals surface area contributed by atoms with Crippen molar-refractivity contribution in [1.82, 2.24) is 25.2 Å². The van der Waals surface area contributed by atoms with Crippen LogP contribution in [0.5, 0.6) is 0 Å². The molecule has 0 aliphatic carbocycles. The van der Waals surface area contributed by atoms with E-state index >= 15 is 0 Å². The highest BCUT2D eigenvalue weighted by atomic mass is 16.3. The molecule has 2 heterocycles. The van der Waals surface area contributed by atoms with Crippen LogP contribution in [0.3, 0.4) is 0 Å². The van der Waals surface area contributed by atoms with E-state index in [2.05, 4.69) is 20.6 Å². The van der Waals surface area contributed by atoms with Gasteiger partial charge in [-0.3, -0.25) is 4.57 Å². The van der Waals surface area contributed by atoms with Gasteiger partial charge in [0.2, 0.25) is 0 Å². The zero-order valence-corrected chi connectivity index (χ0v) is 15.2. The predicted octanol–water partition coefficient (Wildman–Crippen LogP) is 2.11. The molecule has 136 valence electrons. The highest BCUT2D eigenvalue weighted by Gasteiger charge is 2.30. The van der Waals surface area contributed by atoms with E-state index in [0.717, 1.165) is 11.4 Å². The number of urea groups is 1. The summed E-state index contributed by atoms with van der Waals surface area (Å²) in [5.74, 6) is 0.886. The Morgan fingerprint density at radius 1 is 1.32 bits per heavy atom. The van der Waals surface area contributed by atoms with Crippen molar-refractivity contribution in [1.29, 1.82) is 0 Å². The van der Waals surface area contributed by atoms with Gasteiger partial charge < -0.3 is 15.7 Å². The Balaban J connectivity index is 1.85. The predicted molar refractivity (Wildman–Crippen MR) is 96.2 cm³/mol. The number of nitrogens with one attached hydrogen (secondary N) is 2. The van der Waals surface area contributed by atoms with Crippen LogP contribution in [-0.2, 0) is 6.54 Å². The lowest BCUT2D eigenvalue weighted by atomic mass is 9.81. The van der Waals surface area contributed by atoms with Crippen LogP contribution in [0.1, 0.15) is 33.3 Å². The summed E-state index contributed by atoms with van der Waals surface area (Å²) in [7, 11) is 0. The normalized spacial score (nSPS) is 12.9. The molecule has 3 N–H and O–H groups in total. The fraction of sp³-hybridized carbons (Fsp3) is 0.500. The molecule has 1 atom stereocenters. The SMILES string of the molecule is CC(C)C(O)C(C)(C)CNC(=O)NCc1ccnc(-n2ccnc2)c1. The summed E-state index contributed by atoms with van der Waals surface area (Å²) in [4.78, 5) is 20.3. The molecule has 0 bridgehead atoms. The maximum atomic E-state index is 12.0. The minimum Gasteiger partial charge on any atom is -0.392 e. The third kappa shape index (κ3) is 5.29. The summed E-state index contributed by atoms with van der Waals surface area (Å²) < 4.78 is 1.80. The number of amides is 2. The Bertz CT molecular complexity index is 683. The summed E-state index contributed by atoms with van der Waals surface area (Å²) in [6, 6.07) is 3.49. The Morgan fingerprint density at radius 3 is 2.72 bits per heavy atom. The first-order valence-corrected chi connectivity index (χ1v) is 8.42. The van der Waals surface area contributed by atoms with Gasteiger partial charge in [0.05, 0.1) is 6.10 Å². The number of aliphatic hydroxyl groups excluding tert-OH is 1. The lowest BCUT2D eigenvalue weighted by molar-refractivity contribution is 0.0151. The van der Waals surface area contributed by atoms with Crippen LogP contribution in [0.2, 0.25) is 0 Å². The van der Waals surface area contributed by atoms with Crippen LogP contribution in [0.15, 0.2) is 37.1 Å². The average Bonchev–Trinajstić information content (AvgIpc) is 3.12. The molecule has 25 heavy (non-hydrogen) atoms. The molecule has 2 rings (SSSR count). The average molecular weight is 345 g/mol. The molecule has 0 fully saturated rings. The second kappa shape index (κ2) is 8.11. The number of imidazole rings is 1. The van der Waals surface area contributed by atoms with E-state index in [4.69, 9.17) is 0 Å². The Kier molecular flexibility index (Phi) is 6.14. The van der Waals surface area contributed by atoms with Gasteiger partial charge in [-0.05, 0) is 23.6 Å². The summed E-state index contributed by atoms with van der Waals surface area (Å²) in [5.41, 5.74) is 0.548. The summed E-state index contributed by atoms with van der Waals surface area (Å²) in [6.07, 6.45) is 6.40. The highest BCUT2D eigenvalue weighted by molar-refractivity contribution is 5.73. The number of rotatable bonds is 7. The fourth-order valence-electron chi connectivity index (χ4n) is 2.67. The number of pyridine rings is 1. The van der Waals surface area contributed by atoms with Crippen molar-refractivity contribution < 1.29 is 9.90 Å². The van der Waals surface area contributed by atoms with E-state index in [9.17, 15) is 9.90 Å². The van der Waals surface area contributed by atoms with Crippen LogP contribution in [0, 0.1) is 11.3 Å². The topological polar surface area (TPSA) is 92.1 Å². The number of aliphatic hydroxyl groups is 1. The molecular weight excluding hydrogens is 318 g/mol. The van der Waals surface area contributed by atoms with E-state index in [-0.39, 0.29) is 11.9 Å². The third-order valence-corrected chi connectivity index (χ3v) is 4.17. The van der Waals surface area contributed by atoms with Crippen molar-refractivity contribution in [3.8, 4) is 5.82 Å². The van der Waals surface area contributed by atoms with Crippen LogP contribution in [0.25, 0.3) is 5.82 Å². The fourth-order valence-corrected chi connectivity index (χ4v) is 2.67. The number of aromatic nitrogens is 3. The van der Waals surface area contributed by atoms with Crippen molar-refractivity contribution in [2.75, 3.05) is 6.54 Å². The number of hydrogen-bond acceptors (Lipinski definition) is 4. The first-order valence-electron chi connectivity index (χ1n) is 8.42. The van der Waals surface area contributed by atoms with Gasteiger partial charge >= 0.3 is 6.03 Å². The van der Waals surface area contributed by atoms with Gasteiger partial charge in [-0.25, -0.2) is 14.8 Å². The second-order valence-corrected chi connectivity index (χ2v) is 7.21. The molecule has 2 aromatic heterocycles. The maximum absolute atomic E-state index is 12.0. The molecule has 0 radical (unpaired) electrons. The largest absolute Gasteiger partial charge is 0.392 e. The first-order chi connectivity index (χ1) is 11.8. The van der Waals surface area contributed by atoms with E-state index in [1.165, 1.54) is 0 Å². The second-order valence-electron chi connectivity index (χ2n) is 7.21. The molecule has 0 spiro atoms. The molecule has 2 aromatic rings. The van der Waals surface area contributed by atoms with Gasteiger partial charge in [0, 0.05) is 37.1 Å². The number of nitrogens with zero attached hydrogens (tertiary/aromatic N) is 3. The van der Waals surface area contributed by atoms with Gasteiger partial charge in [0.1, 0.15) is 12.1 Å². The molecular formula is C18H27N5O2. The van der Waals surface area contributed by atoms with Crippen LogP contribution < -0.4 is 10.6 Å². The van der Waals surface area contributed by atoms with Crippen molar-refractivity contribution in [2.45, 2.75) is 40.3 Å². The molecule has 0 aliphatic rings. The lowest BCUT2D eigenvalue weighted by Gasteiger charge is -2.33. The minimum absolute atomic E-state index is 0.137. The number of carbonyl (C=O) groups is 1. The Morgan fingerprint density at radius 2 is 2.08 bits per heavy atom. The standard InChI is InChI=1S/C18H27N5O2/c1-13(2)16(24)18(3,4)11-22-17(25)21-10-14-5-6-20-15(9-14)23-8-7-19-12-23/h5-9,12-13,16,24H,10-11H2,1-4H3,(H2,21,22,25). The molecule has 7 nitrogen and oxygen atoms in total. The Hall–Kier alpha value is -2.41. The number of hydrogen-bond donors (Lipinski definition) is 3. The molecule has 0 aliphatic heterocycles. The quantitative estimate of drug-likeness (QED) is 0.717. The van der Waals surface area contributed by atoms with E-state index in [1.54, 1.807) is 23.3 Å². The zero-order chi connectivity index (χ0) is 18.4. The van der Waals surface area contributed by atoms with Gasteiger partial charge in [-0.15, -0.1) is 0 Å². The van der Waals surface area contributed by atoms with E-state index in [1.807, 2.05) is 46.0 Å². The maximum Gasteiger partial charge on any atom is 0.315 e. The van der Waals surface area contributed by atoms with Gasteiger partial charge in [-0.1, -0.05) is 27.7 Å². The van der Waals surface area contributed by atoms with Crippen molar-refractivity contribution in [3.05, 3.63) is 42.6 Å². The summed E-state index contributed by atoms with van der Waals surface area (Å²) in [6.45, 7) is 8.61. The van der Waals surface area contributed by atoms with Crippen LogP contribution in [-0.4, -0.2) is 38.3 Å². The Labute approximate surface area is 148 Å². The zero-order valence-electron chi connectivity index (χ0n) is 15.2. The monoisotopic (exact) mass is 345 g/mol. The van der Waals surface area contributed by atoms with Crippen LogP contribution >= 0.6 is 0 Å². The highest BCUT2D eigenvalue weighted by Crippen LogP contribution is 2.24. The number of carbonyl (C=O) groups excluding carboxylic acids is 1. The molecule has 0 aromatic carbocycles. The molecule has 0 saturated heterocycles. The van der Waals surface area contributed by atoms with Crippen molar-refractivity contribution >= 4 is 6.03 Å². The molecule has 2 amide bonds. The van der Waals surface area contributed by atoms with Crippen molar-refractivity contribution in [2.24, 2.45) is 11.3 Å². The minimum atomic E-state index is -0.481. The van der Waals surface area contributed by atoms with Crippen molar-refractivity contribution in [3.63, 3.8) is 0 Å². The third-order valence-electron chi connectivity index (χ3n) is 4.17. The van der Waals surface area contributed by atoms with E-state index in [0.29, 0.717) is 13.1 Å². The molecule has 1 unspecified atom stereocenters. The smallest absolute Gasteiger partial charge is 0.315 e. The van der Waals surface area contributed by atoms with Gasteiger partial charge in [-0.2, -0.15) is 0 Å².